The minimum absolute atomic E-state index is 0.00711. The monoisotopic (exact) mass is 241 g/mol. The minimum Gasteiger partial charge on any atom is -0.300 e. The third-order valence-corrected chi connectivity index (χ3v) is 2.85. The fourth-order valence-corrected chi connectivity index (χ4v) is 1.83. The van der Waals surface area contributed by atoms with Crippen molar-refractivity contribution < 1.29 is 9.59 Å². The first-order chi connectivity index (χ1) is 8.56. The second kappa shape index (κ2) is 5.08. The molecule has 0 radical (unpaired) electrons. The van der Waals surface area contributed by atoms with E-state index in [0.29, 0.717) is 12.0 Å². The first-order valence-corrected chi connectivity index (χ1v) is 5.96. The van der Waals surface area contributed by atoms with Crippen LogP contribution in [0.3, 0.4) is 0 Å². The van der Waals surface area contributed by atoms with Crippen LogP contribution in [0.1, 0.15) is 35.8 Å². The molecular weight excluding hydrogens is 226 g/mol. The van der Waals surface area contributed by atoms with E-state index >= 15 is 0 Å². The summed E-state index contributed by atoms with van der Waals surface area (Å²) in [5.41, 5.74) is 2.49. The molecular formula is C15H15NO2. The van der Waals surface area contributed by atoms with Gasteiger partial charge in [-0.3, -0.25) is 9.78 Å². The van der Waals surface area contributed by atoms with Crippen molar-refractivity contribution in [1.29, 1.82) is 0 Å². The second-order valence-corrected chi connectivity index (χ2v) is 4.49. The number of hydrogen-bond donors (Lipinski definition) is 0. The van der Waals surface area contributed by atoms with Crippen LogP contribution in [0.25, 0.3) is 10.9 Å². The lowest BCUT2D eigenvalue weighted by molar-refractivity contribution is -0.116. The number of benzene rings is 1. The molecule has 3 heteroatoms. The van der Waals surface area contributed by atoms with Gasteiger partial charge in [0.05, 0.1) is 5.52 Å². The summed E-state index contributed by atoms with van der Waals surface area (Å²) >= 11 is 0. The molecule has 0 N–H and O–H groups in total. The van der Waals surface area contributed by atoms with Crippen molar-refractivity contribution in [3.8, 4) is 0 Å². The number of aromatic nitrogens is 1. The first kappa shape index (κ1) is 12.4. The van der Waals surface area contributed by atoms with Gasteiger partial charge < -0.3 is 4.79 Å². The molecule has 1 aromatic heterocycles. The maximum Gasteiger partial charge on any atom is 0.163 e. The molecule has 1 heterocycles. The van der Waals surface area contributed by atoms with Crippen molar-refractivity contribution in [2.24, 2.45) is 0 Å². The molecule has 0 fully saturated rings. The molecule has 18 heavy (non-hydrogen) atoms. The average Bonchev–Trinajstić information content (AvgIpc) is 2.35. The highest BCUT2D eigenvalue weighted by molar-refractivity contribution is 6.00. The maximum absolute atomic E-state index is 11.9. The fourth-order valence-electron chi connectivity index (χ4n) is 1.83. The molecule has 2 aromatic rings. The Balaban J connectivity index is 2.27. The number of nitrogens with zero attached hydrogens (tertiary/aromatic N) is 1. The summed E-state index contributed by atoms with van der Waals surface area (Å²) in [7, 11) is 0. The zero-order valence-corrected chi connectivity index (χ0v) is 10.6. The zero-order chi connectivity index (χ0) is 13.1. The number of aryl methyl sites for hydroxylation is 1. The van der Waals surface area contributed by atoms with Gasteiger partial charge in [0.25, 0.3) is 0 Å². The average molecular weight is 241 g/mol. The van der Waals surface area contributed by atoms with E-state index in [0.717, 1.165) is 16.6 Å². The van der Waals surface area contributed by atoms with Crippen LogP contribution in [0.4, 0.5) is 0 Å². The SMILES string of the molecule is CC(=O)CCC(=O)c1ccc2nc(C)ccc2c1. The Morgan fingerprint density at radius 2 is 1.89 bits per heavy atom. The molecule has 3 nitrogen and oxygen atoms in total. The molecule has 0 amide bonds. The highest BCUT2D eigenvalue weighted by atomic mass is 16.1. The van der Waals surface area contributed by atoms with Crippen LogP contribution < -0.4 is 0 Å². The lowest BCUT2D eigenvalue weighted by atomic mass is 10.0. The lowest BCUT2D eigenvalue weighted by Crippen LogP contribution is -2.02. The van der Waals surface area contributed by atoms with Crippen molar-refractivity contribution in [3.63, 3.8) is 0 Å². The van der Waals surface area contributed by atoms with Gasteiger partial charge in [-0.25, -0.2) is 0 Å². The van der Waals surface area contributed by atoms with Crippen molar-refractivity contribution in [2.45, 2.75) is 26.7 Å². The minimum atomic E-state index is 0.00711. The summed E-state index contributed by atoms with van der Waals surface area (Å²) in [6, 6.07) is 9.34. The highest BCUT2D eigenvalue weighted by Crippen LogP contribution is 2.16. The van der Waals surface area contributed by atoms with E-state index in [1.165, 1.54) is 6.92 Å². The van der Waals surface area contributed by atoms with E-state index in [9.17, 15) is 9.59 Å². The zero-order valence-electron chi connectivity index (χ0n) is 10.6. The summed E-state index contributed by atoms with van der Waals surface area (Å²) in [6.07, 6.45) is 0.586. The van der Waals surface area contributed by atoms with E-state index in [1.54, 1.807) is 6.07 Å². The number of carbonyl (C=O) groups is 2. The van der Waals surface area contributed by atoms with Crippen molar-refractivity contribution in [2.75, 3.05) is 0 Å². The number of hydrogen-bond acceptors (Lipinski definition) is 3. The Morgan fingerprint density at radius 1 is 1.11 bits per heavy atom. The van der Waals surface area contributed by atoms with Gasteiger partial charge in [-0.15, -0.1) is 0 Å². The molecule has 0 unspecified atom stereocenters. The molecule has 0 aliphatic heterocycles. The summed E-state index contributed by atoms with van der Waals surface area (Å²) in [5, 5.41) is 0.953. The van der Waals surface area contributed by atoms with Crippen LogP contribution in [-0.2, 0) is 4.79 Å². The van der Waals surface area contributed by atoms with Gasteiger partial charge in [-0.1, -0.05) is 6.07 Å². The summed E-state index contributed by atoms with van der Waals surface area (Å²) in [5.74, 6) is 0.0501. The Morgan fingerprint density at radius 3 is 2.61 bits per heavy atom. The largest absolute Gasteiger partial charge is 0.300 e. The number of fused-ring (bicyclic) bond motifs is 1. The number of Topliss-reactive ketones (excluding diaryl/α,β-unsaturated/α-hetero) is 2. The molecule has 0 saturated carbocycles. The van der Waals surface area contributed by atoms with Crippen molar-refractivity contribution in [1.82, 2.24) is 4.98 Å². The molecule has 0 bridgehead atoms. The topological polar surface area (TPSA) is 47.0 Å². The van der Waals surface area contributed by atoms with Gasteiger partial charge in [0.2, 0.25) is 0 Å². The van der Waals surface area contributed by atoms with Crippen LogP contribution >= 0.6 is 0 Å². The molecule has 1 aromatic carbocycles. The van der Waals surface area contributed by atoms with Crippen molar-refractivity contribution >= 4 is 22.5 Å². The smallest absolute Gasteiger partial charge is 0.163 e. The van der Waals surface area contributed by atoms with Crippen LogP contribution in [0, 0.1) is 6.92 Å². The number of pyridine rings is 1. The van der Waals surface area contributed by atoms with Crippen LogP contribution in [0.5, 0.6) is 0 Å². The molecule has 0 saturated heterocycles. The van der Waals surface area contributed by atoms with Gasteiger partial charge in [-0.2, -0.15) is 0 Å². The molecule has 2 rings (SSSR count). The normalized spacial score (nSPS) is 10.6. The predicted octanol–water partition coefficient (Wildman–Crippen LogP) is 3.10. The number of carbonyl (C=O) groups excluding carboxylic acids is 2. The Bertz CT molecular complexity index is 617. The van der Waals surface area contributed by atoms with E-state index in [1.807, 2.05) is 31.2 Å². The molecule has 0 aliphatic carbocycles. The van der Waals surface area contributed by atoms with Gasteiger partial charge in [-0.05, 0) is 38.1 Å². The van der Waals surface area contributed by atoms with E-state index in [2.05, 4.69) is 4.98 Å². The molecule has 92 valence electrons. The molecule has 0 aliphatic rings. The quantitative estimate of drug-likeness (QED) is 0.773. The number of rotatable bonds is 4. The van der Waals surface area contributed by atoms with Crippen molar-refractivity contribution in [3.05, 3.63) is 41.6 Å². The summed E-state index contributed by atoms with van der Waals surface area (Å²) in [6.45, 7) is 3.44. The molecule has 0 spiro atoms. The Kier molecular flexibility index (Phi) is 3.51. The maximum atomic E-state index is 11.9. The standard InChI is InChI=1S/C15H15NO2/c1-10-3-5-12-9-13(6-7-14(12)16-10)15(18)8-4-11(2)17/h3,5-7,9H,4,8H2,1-2H3. The molecule has 0 atom stereocenters. The van der Waals surface area contributed by atoms with Crippen LogP contribution in [-0.4, -0.2) is 16.6 Å². The summed E-state index contributed by atoms with van der Waals surface area (Å²) in [4.78, 5) is 27.1. The first-order valence-electron chi connectivity index (χ1n) is 5.96. The summed E-state index contributed by atoms with van der Waals surface area (Å²) < 4.78 is 0. The number of ketones is 2. The third kappa shape index (κ3) is 2.80. The van der Waals surface area contributed by atoms with Gasteiger partial charge in [0.1, 0.15) is 5.78 Å². The highest BCUT2D eigenvalue weighted by Gasteiger charge is 2.08. The predicted molar refractivity (Wildman–Crippen MR) is 70.7 cm³/mol. The van der Waals surface area contributed by atoms with Crippen LogP contribution in [0.2, 0.25) is 0 Å². The fraction of sp³-hybridized carbons (Fsp3) is 0.267. The Labute approximate surface area is 106 Å². The van der Waals surface area contributed by atoms with Gasteiger partial charge in [0.15, 0.2) is 5.78 Å². The third-order valence-electron chi connectivity index (χ3n) is 2.85. The van der Waals surface area contributed by atoms with E-state index in [4.69, 9.17) is 0 Å². The second-order valence-electron chi connectivity index (χ2n) is 4.49. The van der Waals surface area contributed by atoms with Crippen LogP contribution in [0.15, 0.2) is 30.3 Å². The van der Waals surface area contributed by atoms with E-state index in [-0.39, 0.29) is 18.0 Å². The van der Waals surface area contributed by atoms with Gasteiger partial charge >= 0.3 is 0 Å². The van der Waals surface area contributed by atoms with E-state index < -0.39 is 0 Å². The lowest BCUT2D eigenvalue weighted by Gasteiger charge is -2.03. The Hall–Kier alpha value is -2.03. The van der Waals surface area contributed by atoms with Gasteiger partial charge in [0, 0.05) is 29.5 Å².